The number of anilines is 1. The molecule has 0 bridgehead atoms. The fourth-order valence-corrected chi connectivity index (χ4v) is 2.83. The Morgan fingerprint density at radius 3 is 2.75 bits per heavy atom. The zero-order valence-electron chi connectivity index (χ0n) is 11.7. The summed E-state index contributed by atoms with van der Waals surface area (Å²) in [6.07, 6.45) is 0. The van der Waals surface area contributed by atoms with Crippen molar-refractivity contribution in [2.24, 2.45) is 0 Å². The summed E-state index contributed by atoms with van der Waals surface area (Å²) in [4.78, 5) is 2.39. The summed E-state index contributed by atoms with van der Waals surface area (Å²) in [7, 11) is 0. The highest BCUT2D eigenvalue weighted by molar-refractivity contribution is 5.60. The Hall–Kier alpha value is -1.87. The van der Waals surface area contributed by atoms with E-state index in [0.29, 0.717) is 0 Å². The molecule has 2 nitrogen and oxygen atoms in total. The Kier molecular flexibility index (Phi) is 3.70. The number of halogens is 1. The minimum atomic E-state index is -0.178. The predicted molar refractivity (Wildman–Crippen MR) is 80.3 cm³/mol. The number of para-hydroxylation sites is 1. The Morgan fingerprint density at radius 1 is 1.15 bits per heavy atom. The van der Waals surface area contributed by atoms with Gasteiger partial charge in [0.05, 0.1) is 0 Å². The molecule has 0 unspecified atom stereocenters. The third-order valence-electron chi connectivity index (χ3n) is 3.80. The van der Waals surface area contributed by atoms with Gasteiger partial charge in [-0.25, -0.2) is 4.39 Å². The lowest BCUT2D eigenvalue weighted by molar-refractivity contribution is 0.626. The lowest BCUT2D eigenvalue weighted by Crippen LogP contribution is -2.28. The van der Waals surface area contributed by atoms with Gasteiger partial charge in [0, 0.05) is 31.9 Å². The lowest BCUT2D eigenvalue weighted by Gasteiger charge is -2.26. The van der Waals surface area contributed by atoms with E-state index in [2.05, 4.69) is 35.3 Å². The lowest BCUT2D eigenvalue weighted by atomic mass is 10.1. The van der Waals surface area contributed by atoms with Crippen LogP contribution in [-0.2, 0) is 13.1 Å². The van der Waals surface area contributed by atoms with Gasteiger partial charge in [0.2, 0.25) is 0 Å². The normalized spacial score (nSPS) is 14.8. The van der Waals surface area contributed by atoms with E-state index in [1.165, 1.54) is 28.9 Å². The zero-order valence-corrected chi connectivity index (χ0v) is 11.7. The highest BCUT2D eigenvalue weighted by Crippen LogP contribution is 2.28. The van der Waals surface area contributed by atoms with Crippen molar-refractivity contribution in [2.45, 2.75) is 20.0 Å². The van der Waals surface area contributed by atoms with Gasteiger partial charge >= 0.3 is 0 Å². The number of fused-ring (bicyclic) bond motifs is 1. The van der Waals surface area contributed by atoms with Gasteiger partial charge in [0.1, 0.15) is 5.82 Å². The van der Waals surface area contributed by atoms with Gasteiger partial charge in [-0.2, -0.15) is 0 Å². The van der Waals surface area contributed by atoms with Crippen LogP contribution in [0.1, 0.15) is 16.7 Å². The van der Waals surface area contributed by atoms with E-state index in [-0.39, 0.29) is 5.82 Å². The number of hydrogen-bond acceptors (Lipinski definition) is 2. The summed E-state index contributed by atoms with van der Waals surface area (Å²) in [5.74, 6) is -0.178. The smallest absolute Gasteiger partial charge is 0.123 e. The van der Waals surface area contributed by atoms with Crippen LogP contribution in [0.4, 0.5) is 10.1 Å². The van der Waals surface area contributed by atoms with Crippen LogP contribution in [0.3, 0.4) is 0 Å². The summed E-state index contributed by atoms with van der Waals surface area (Å²) in [5, 5.41) is 3.45. The average molecular weight is 270 g/mol. The number of benzene rings is 2. The van der Waals surface area contributed by atoms with Crippen LogP contribution in [0.15, 0.2) is 42.5 Å². The SMILES string of the molecule is Cc1cccc2c1N(Cc1ccc(F)cc1)CCNC2. The molecule has 1 aliphatic rings. The summed E-state index contributed by atoms with van der Waals surface area (Å²) in [5.41, 5.74) is 5.10. The first-order valence-electron chi connectivity index (χ1n) is 7.02. The van der Waals surface area contributed by atoms with Gasteiger partial charge in [0.15, 0.2) is 0 Å². The summed E-state index contributed by atoms with van der Waals surface area (Å²) >= 11 is 0. The standard InChI is InChI=1S/C17H19FN2/c1-13-3-2-4-15-11-19-9-10-20(17(13)15)12-14-5-7-16(18)8-6-14/h2-8,19H,9-12H2,1H3. The van der Waals surface area contributed by atoms with Crippen LogP contribution in [0.2, 0.25) is 0 Å². The third-order valence-corrected chi connectivity index (χ3v) is 3.80. The van der Waals surface area contributed by atoms with Crippen LogP contribution in [0, 0.1) is 12.7 Å². The molecule has 1 aliphatic heterocycles. The van der Waals surface area contributed by atoms with Gasteiger partial charge in [-0.3, -0.25) is 0 Å². The van der Waals surface area contributed by atoms with Crippen molar-refractivity contribution < 1.29 is 4.39 Å². The van der Waals surface area contributed by atoms with E-state index in [1.54, 1.807) is 0 Å². The largest absolute Gasteiger partial charge is 0.365 e. The molecule has 0 aliphatic carbocycles. The van der Waals surface area contributed by atoms with Crippen molar-refractivity contribution in [3.8, 4) is 0 Å². The van der Waals surface area contributed by atoms with E-state index in [1.807, 2.05) is 12.1 Å². The van der Waals surface area contributed by atoms with Gasteiger partial charge in [-0.05, 0) is 35.7 Å². The minimum Gasteiger partial charge on any atom is -0.365 e. The average Bonchev–Trinajstić information content (AvgIpc) is 2.65. The predicted octanol–water partition coefficient (Wildman–Crippen LogP) is 3.24. The molecular formula is C17H19FN2. The summed E-state index contributed by atoms with van der Waals surface area (Å²) < 4.78 is 13.0. The van der Waals surface area contributed by atoms with Crippen LogP contribution in [0.5, 0.6) is 0 Å². The molecule has 3 rings (SSSR count). The van der Waals surface area contributed by atoms with E-state index in [0.717, 1.165) is 31.7 Å². The molecule has 2 aromatic rings. The Labute approximate surface area is 119 Å². The number of nitrogens with one attached hydrogen (secondary N) is 1. The molecule has 0 spiro atoms. The van der Waals surface area contributed by atoms with Gasteiger partial charge in [-0.15, -0.1) is 0 Å². The molecule has 2 aromatic carbocycles. The molecule has 1 N–H and O–H groups in total. The van der Waals surface area contributed by atoms with E-state index >= 15 is 0 Å². The molecule has 104 valence electrons. The van der Waals surface area contributed by atoms with Gasteiger partial charge in [0.25, 0.3) is 0 Å². The first-order chi connectivity index (χ1) is 9.74. The van der Waals surface area contributed by atoms with Crippen molar-refractivity contribution in [3.63, 3.8) is 0 Å². The van der Waals surface area contributed by atoms with Crippen molar-refractivity contribution >= 4 is 5.69 Å². The van der Waals surface area contributed by atoms with Crippen LogP contribution in [0.25, 0.3) is 0 Å². The maximum Gasteiger partial charge on any atom is 0.123 e. The van der Waals surface area contributed by atoms with Crippen LogP contribution in [-0.4, -0.2) is 13.1 Å². The zero-order chi connectivity index (χ0) is 13.9. The second kappa shape index (κ2) is 5.63. The van der Waals surface area contributed by atoms with E-state index in [4.69, 9.17) is 0 Å². The van der Waals surface area contributed by atoms with E-state index in [9.17, 15) is 4.39 Å². The van der Waals surface area contributed by atoms with Crippen molar-refractivity contribution in [3.05, 3.63) is 65.0 Å². The fourth-order valence-electron chi connectivity index (χ4n) is 2.83. The molecule has 0 fully saturated rings. The molecule has 1 heterocycles. The first kappa shape index (κ1) is 13.1. The summed E-state index contributed by atoms with van der Waals surface area (Å²) in [6.45, 7) is 5.82. The third kappa shape index (κ3) is 2.68. The Balaban J connectivity index is 1.92. The fraction of sp³-hybridized carbons (Fsp3) is 0.294. The van der Waals surface area contributed by atoms with E-state index < -0.39 is 0 Å². The molecule has 0 saturated carbocycles. The Morgan fingerprint density at radius 2 is 1.95 bits per heavy atom. The maximum atomic E-state index is 13.0. The highest BCUT2D eigenvalue weighted by Gasteiger charge is 2.16. The molecule has 0 saturated heterocycles. The van der Waals surface area contributed by atoms with Crippen LogP contribution >= 0.6 is 0 Å². The molecule has 3 heteroatoms. The molecular weight excluding hydrogens is 251 g/mol. The molecule has 0 aromatic heterocycles. The van der Waals surface area contributed by atoms with Crippen molar-refractivity contribution in [2.75, 3.05) is 18.0 Å². The number of aryl methyl sites for hydroxylation is 1. The number of hydrogen-bond donors (Lipinski definition) is 1. The first-order valence-corrected chi connectivity index (χ1v) is 7.02. The number of nitrogens with zero attached hydrogens (tertiary/aromatic N) is 1. The Bertz CT molecular complexity index is 592. The van der Waals surface area contributed by atoms with Crippen molar-refractivity contribution in [1.29, 1.82) is 0 Å². The molecule has 0 amide bonds. The summed E-state index contributed by atoms with van der Waals surface area (Å²) in [6, 6.07) is 13.2. The highest BCUT2D eigenvalue weighted by atomic mass is 19.1. The van der Waals surface area contributed by atoms with Gasteiger partial charge < -0.3 is 10.2 Å². The number of rotatable bonds is 2. The monoisotopic (exact) mass is 270 g/mol. The quantitative estimate of drug-likeness (QED) is 0.901. The van der Waals surface area contributed by atoms with Crippen molar-refractivity contribution in [1.82, 2.24) is 5.32 Å². The second-order valence-electron chi connectivity index (χ2n) is 5.31. The van der Waals surface area contributed by atoms with Gasteiger partial charge in [-0.1, -0.05) is 30.3 Å². The molecule has 0 atom stereocenters. The molecule has 0 radical (unpaired) electrons. The van der Waals surface area contributed by atoms with Crippen LogP contribution < -0.4 is 10.2 Å². The topological polar surface area (TPSA) is 15.3 Å². The second-order valence-corrected chi connectivity index (χ2v) is 5.31. The maximum absolute atomic E-state index is 13.0. The minimum absolute atomic E-state index is 0.178. The molecule has 20 heavy (non-hydrogen) atoms.